The summed E-state index contributed by atoms with van der Waals surface area (Å²) in [6.45, 7) is 1.48. The SMILES string of the molecule is COc1ccc(NC(=O)c2ccc3c(c2)C2(OC3=O)c3cc(F)c(OC(C)=O)cc3Oc3cc(OC(C)=O)c(F)cc32)cc1N(CC(=O)OCOC(C)=O)CC(=O)OCOC(C)=O. The molecular weight excluding hydrogens is 842 g/mol. The van der Waals surface area contributed by atoms with Crippen molar-refractivity contribution >= 4 is 59.1 Å². The summed E-state index contributed by atoms with van der Waals surface area (Å²) in [7, 11) is 1.29. The Morgan fingerprint density at radius 1 is 0.651 bits per heavy atom. The van der Waals surface area contributed by atoms with Gasteiger partial charge in [0.2, 0.25) is 13.6 Å². The van der Waals surface area contributed by atoms with E-state index in [4.69, 9.17) is 33.2 Å². The maximum Gasteiger partial charge on any atom is 0.340 e. The lowest BCUT2D eigenvalue weighted by Gasteiger charge is -2.37. The fourth-order valence-corrected chi connectivity index (χ4v) is 6.53. The van der Waals surface area contributed by atoms with Crippen molar-refractivity contribution in [3.05, 3.63) is 100 Å². The van der Waals surface area contributed by atoms with E-state index in [9.17, 15) is 38.4 Å². The third kappa shape index (κ3) is 9.61. The molecule has 2 aliphatic rings. The fraction of sp³-hybridized carbons (Fsp3) is 0.238. The smallest absolute Gasteiger partial charge is 0.340 e. The first-order valence-electron chi connectivity index (χ1n) is 18.3. The summed E-state index contributed by atoms with van der Waals surface area (Å²) in [5.74, 6) is -10.5. The second-order valence-electron chi connectivity index (χ2n) is 13.4. The van der Waals surface area contributed by atoms with Gasteiger partial charge in [0, 0.05) is 56.6 Å². The fourth-order valence-electron chi connectivity index (χ4n) is 6.53. The number of esters is 7. The number of methoxy groups -OCH3 is 1. The summed E-state index contributed by atoms with van der Waals surface area (Å²) >= 11 is 0. The molecule has 0 fully saturated rings. The van der Waals surface area contributed by atoms with Gasteiger partial charge in [-0.1, -0.05) is 0 Å². The van der Waals surface area contributed by atoms with Gasteiger partial charge < -0.3 is 52.8 Å². The van der Waals surface area contributed by atoms with Crippen LogP contribution in [0.2, 0.25) is 0 Å². The number of anilines is 2. The number of carbonyl (C=O) groups excluding carboxylic acids is 8. The lowest BCUT2D eigenvalue weighted by atomic mass is 9.77. The van der Waals surface area contributed by atoms with Crippen LogP contribution in [-0.2, 0) is 58.1 Å². The van der Waals surface area contributed by atoms with E-state index in [1.807, 2.05) is 0 Å². The van der Waals surface area contributed by atoms with Crippen LogP contribution in [-0.4, -0.2) is 81.5 Å². The van der Waals surface area contributed by atoms with Gasteiger partial charge in [-0.15, -0.1) is 0 Å². The Labute approximate surface area is 354 Å². The van der Waals surface area contributed by atoms with E-state index in [-0.39, 0.29) is 56.4 Å². The summed E-state index contributed by atoms with van der Waals surface area (Å²) in [5, 5.41) is 2.67. The van der Waals surface area contributed by atoms with Gasteiger partial charge in [0.1, 0.15) is 30.3 Å². The minimum Gasteiger partial charge on any atom is -0.495 e. The second kappa shape index (κ2) is 18.3. The molecule has 1 N–H and O–H groups in total. The zero-order chi connectivity index (χ0) is 45.7. The summed E-state index contributed by atoms with van der Waals surface area (Å²) in [6.07, 6.45) is 0. The standard InChI is InChI=1S/C42H34F2N2O17/c1-20(47)56-18-58-38(51)16-46(17-39(52)59-19-57-21(2)48)32-11-25(7-9-33(32)55-5)45-40(53)24-6-8-26-27(10-24)42(63-41(26)54)28-12-30(43)36(60-22(3)49)14-34(28)62-35-15-37(61-23(4)50)31(44)13-29(35)42/h6-15H,16-19H2,1-5H3,(H,45,53). The highest BCUT2D eigenvalue weighted by molar-refractivity contribution is 6.06. The molecule has 1 spiro atoms. The topological polar surface area (TPSA) is 235 Å². The number of rotatable bonds is 14. The van der Waals surface area contributed by atoms with Crippen molar-refractivity contribution in [3.63, 3.8) is 0 Å². The molecule has 0 atom stereocenters. The highest BCUT2D eigenvalue weighted by Crippen LogP contribution is 2.58. The van der Waals surface area contributed by atoms with E-state index in [1.165, 1.54) is 43.5 Å². The summed E-state index contributed by atoms with van der Waals surface area (Å²) in [4.78, 5) is 100. The summed E-state index contributed by atoms with van der Waals surface area (Å²) in [5.41, 5.74) is -2.76. The highest BCUT2D eigenvalue weighted by Gasteiger charge is 2.55. The first-order valence-corrected chi connectivity index (χ1v) is 18.3. The number of carbonyl (C=O) groups is 8. The number of amides is 1. The average Bonchev–Trinajstić information content (AvgIpc) is 3.49. The Balaban J connectivity index is 1.39. The van der Waals surface area contributed by atoms with Gasteiger partial charge >= 0.3 is 41.8 Å². The van der Waals surface area contributed by atoms with Crippen molar-refractivity contribution in [1.29, 1.82) is 0 Å². The van der Waals surface area contributed by atoms with Gasteiger partial charge in [0.25, 0.3) is 5.91 Å². The number of hydrogen-bond acceptors (Lipinski definition) is 18. The zero-order valence-corrected chi connectivity index (χ0v) is 33.7. The van der Waals surface area contributed by atoms with Crippen LogP contribution in [0.1, 0.15) is 65.1 Å². The zero-order valence-electron chi connectivity index (χ0n) is 33.7. The molecule has 0 aliphatic carbocycles. The minimum atomic E-state index is -2.20. The maximum atomic E-state index is 15.6. The predicted octanol–water partition coefficient (Wildman–Crippen LogP) is 4.58. The number of ether oxygens (including phenoxy) is 9. The molecule has 0 aromatic heterocycles. The van der Waals surface area contributed by atoms with Crippen molar-refractivity contribution in [1.82, 2.24) is 0 Å². The van der Waals surface area contributed by atoms with Crippen LogP contribution in [0.3, 0.4) is 0 Å². The van der Waals surface area contributed by atoms with Crippen molar-refractivity contribution in [2.45, 2.75) is 33.3 Å². The number of fused-ring (bicyclic) bond motifs is 6. The molecule has 21 heteroatoms. The lowest BCUT2D eigenvalue weighted by molar-refractivity contribution is -0.165. The second-order valence-corrected chi connectivity index (χ2v) is 13.4. The van der Waals surface area contributed by atoms with E-state index in [0.29, 0.717) is 0 Å². The molecule has 6 rings (SSSR count). The van der Waals surface area contributed by atoms with Crippen LogP contribution in [0.25, 0.3) is 0 Å². The van der Waals surface area contributed by atoms with Crippen molar-refractivity contribution < 1.29 is 89.8 Å². The molecule has 0 saturated carbocycles. The third-order valence-corrected chi connectivity index (χ3v) is 9.06. The molecule has 0 bridgehead atoms. The molecule has 328 valence electrons. The molecule has 0 saturated heterocycles. The number of hydrogen-bond donors (Lipinski definition) is 1. The van der Waals surface area contributed by atoms with Gasteiger partial charge in [-0.25, -0.2) is 13.6 Å². The molecule has 2 aliphatic heterocycles. The Hall–Kier alpha value is -8.10. The summed E-state index contributed by atoms with van der Waals surface area (Å²) < 4.78 is 77.8. The molecule has 63 heavy (non-hydrogen) atoms. The van der Waals surface area contributed by atoms with E-state index < -0.39 is 103 Å². The van der Waals surface area contributed by atoms with E-state index in [0.717, 1.165) is 56.9 Å². The number of nitrogens with one attached hydrogen (secondary N) is 1. The molecular formula is C42H34F2N2O17. The van der Waals surface area contributed by atoms with Crippen molar-refractivity contribution in [3.8, 4) is 28.7 Å². The van der Waals surface area contributed by atoms with Crippen molar-refractivity contribution in [2.24, 2.45) is 0 Å². The predicted molar refractivity (Wildman–Crippen MR) is 206 cm³/mol. The van der Waals surface area contributed by atoms with Gasteiger partial charge in [0.05, 0.1) is 29.5 Å². The Kier molecular flexibility index (Phi) is 12.9. The van der Waals surface area contributed by atoms with Gasteiger partial charge in [-0.2, -0.15) is 0 Å². The molecule has 2 heterocycles. The molecule has 4 aromatic rings. The lowest BCUT2D eigenvalue weighted by Crippen LogP contribution is -2.37. The van der Waals surface area contributed by atoms with Gasteiger partial charge in [-0.05, 0) is 48.5 Å². The van der Waals surface area contributed by atoms with E-state index in [1.54, 1.807) is 0 Å². The highest BCUT2D eigenvalue weighted by atomic mass is 19.1. The minimum absolute atomic E-state index is 0.0387. The van der Waals surface area contributed by atoms with Gasteiger partial charge in [-0.3, -0.25) is 33.6 Å². The Bertz CT molecular complexity index is 2490. The van der Waals surface area contributed by atoms with Crippen LogP contribution in [0.4, 0.5) is 20.2 Å². The largest absolute Gasteiger partial charge is 0.495 e. The number of halogens is 2. The quantitative estimate of drug-likeness (QED) is 0.0790. The first-order chi connectivity index (χ1) is 29.9. The van der Waals surface area contributed by atoms with Crippen LogP contribution in [0, 0.1) is 11.6 Å². The normalized spacial score (nSPS) is 12.5. The third-order valence-electron chi connectivity index (χ3n) is 9.06. The van der Waals surface area contributed by atoms with Crippen LogP contribution < -0.4 is 29.2 Å². The molecule has 19 nitrogen and oxygen atoms in total. The van der Waals surface area contributed by atoms with Crippen LogP contribution >= 0.6 is 0 Å². The molecule has 0 radical (unpaired) electrons. The van der Waals surface area contributed by atoms with E-state index in [2.05, 4.69) is 14.8 Å². The summed E-state index contributed by atoms with van der Waals surface area (Å²) in [6, 6.07) is 11.7. The van der Waals surface area contributed by atoms with Crippen molar-refractivity contribution in [2.75, 3.05) is 44.0 Å². The maximum absolute atomic E-state index is 15.6. The number of nitrogens with zero attached hydrogens (tertiary/aromatic N) is 1. The van der Waals surface area contributed by atoms with Gasteiger partial charge in [0.15, 0.2) is 28.7 Å². The first kappa shape index (κ1) is 44.5. The number of benzene rings is 4. The molecule has 4 aromatic carbocycles. The average molecular weight is 877 g/mol. The monoisotopic (exact) mass is 876 g/mol. The Morgan fingerprint density at radius 3 is 1.68 bits per heavy atom. The molecule has 0 unspecified atom stereocenters. The Morgan fingerprint density at radius 2 is 1.19 bits per heavy atom. The van der Waals surface area contributed by atoms with Crippen LogP contribution in [0.15, 0.2) is 60.7 Å². The molecule has 1 amide bonds. The van der Waals surface area contributed by atoms with E-state index >= 15 is 8.78 Å². The van der Waals surface area contributed by atoms with Crippen LogP contribution in [0.5, 0.6) is 28.7 Å².